The zero-order valence-corrected chi connectivity index (χ0v) is 12.7. The molecule has 114 valence electrons. The molecule has 0 N–H and O–H groups in total. The predicted octanol–water partition coefficient (Wildman–Crippen LogP) is 3.73. The zero-order chi connectivity index (χ0) is 16.1. The Kier molecular flexibility index (Phi) is 4.34. The van der Waals surface area contributed by atoms with Gasteiger partial charge in [0.2, 0.25) is 0 Å². The van der Waals surface area contributed by atoms with Gasteiger partial charge in [-0.2, -0.15) is 5.10 Å². The Balaban J connectivity index is 2.07. The molecule has 1 aromatic heterocycles. The number of nitrogens with zero attached hydrogens (tertiary/aromatic N) is 2. The van der Waals surface area contributed by atoms with Crippen molar-refractivity contribution in [3.05, 3.63) is 78.5 Å². The Morgan fingerprint density at radius 1 is 1.04 bits per heavy atom. The van der Waals surface area contributed by atoms with Crippen LogP contribution in [-0.4, -0.2) is 22.9 Å². The number of hydrogen-bond acceptors (Lipinski definition) is 3. The molecule has 0 bridgehead atoms. The molecule has 1 heterocycles. The van der Waals surface area contributed by atoms with E-state index < -0.39 is 5.97 Å². The number of esters is 1. The van der Waals surface area contributed by atoms with Crippen molar-refractivity contribution >= 4 is 12.0 Å². The highest BCUT2D eigenvalue weighted by Crippen LogP contribution is 2.24. The monoisotopic (exact) mass is 304 g/mol. The minimum atomic E-state index is -0.392. The fourth-order valence-corrected chi connectivity index (χ4v) is 2.27. The van der Waals surface area contributed by atoms with Gasteiger partial charge in [-0.3, -0.25) is 0 Å². The topological polar surface area (TPSA) is 44.1 Å². The van der Waals surface area contributed by atoms with E-state index in [4.69, 9.17) is 0 Å². The van der Waals surface area contributed by atoms with Gasteiger partial charge in [-0.1, -0.05) is 48.5 Å². The number of hydrogen-bond donors (Lipinski definition) is 0. The van der Waals surface area contributed by atoms with E-state index in [-0.39, 0.29) is 0 Å². The number of ether oxygens (including phenoxy) is 1. The van der Waals surface area contributed by atoms with Crippen LogP contribution < -0.4 is 0 Å². The van der Waals surface area contributed by atoms with Gasteiger partial charge >= 0.3 is 5.97 Å². The molecule has 3 aromatic rings. The van der Waals surface area contributed by atoms with Gasteiger partial charge < -0.3 is 4.74 Å². The first kappa shape index (κ1) is 14.8. The summed E-state index contributed by atoms with van der Waals surface area (Å²) in [4.78, 5) is 11.4. The summed E-state index contributed by atoms with van der Waals surface area (Å²) in [6, 6.07) is 19.7. The van der Waals surface area contributed by atoms with Crippen LogP contribution in [0.2, 0.25) is 0 Å². The zero-order valence-electron chi connectivity index (χ0n) is 12.7. The summed E-state index contributed by atoms with van der Waals surface area (Å²) < 4.78 is 6.46. The molecular weight excluding hydrogens is 288 g/mol. The number of aromatic nitrogens is 2. The van der Waals surface area contributed by atoms with Crippen molar-refractivity contribution in [1.29, 1.82) is 0 Å². The van der Waals surface area contributed by atoms with Crippen LogP contribution in [-0.2, 0) is 9.53 Å². The van der Waals surface area contributed by atoms with Gasteiger partial charge in [0.05, 0.1) is 18.5 Å². The van der Waals surface area contributed by atoms with Gasteiger partial charge in [0, 0.05) is 23.4 Å². The van der Waals surface area contributed by atoms with E-state index in [1.54, 1.807) is 10.8 Å². The van der Waals surface area contributed by atoms with Gasteiger partial charge in [-0.15, -0.1) is 0 Å². The van der Waals surface area contributed by atoms with Crippen molar-refractivity contribution in [3.63, 3.8) is 0 Å². The Labute approximate surface area is 134 Å². The van der Waals surface area contributed by atoms with Gasteiger partial charge in [0.15, 0.2) is 0 Å². The lowest BCUT2D eigenvalue weighted by Gasteiger charge is -2.00. The van der Waals surface area contributed by atoms with Crippen molar-refractivity contribution < 1.29 is 9.53 Å². The van der Waals surface area contributed by atoms with Crippen LogP contribution in [0, 0.1) is 0 Å². The predicted molar refractivity (Wildman–Crippen MR) is 90.1 cm³/mol. The van der Waals surface area contributed by atoms with E-state index in [1.165, 1.54) is 13.2 Å². The van der Waals surface area contributed by atoms with E-state index in [9.17, 15) is 4.79 Å². The fourth-order valence-electron chi connectivity index (χ4n) is 2.27. The summed E-state index contributed by atoms with van der Waals surface area (Å²) in [6.45, 7) is 0. The number of benzene rings is 2. The molecule has 0 atom stereocenters. The van der Waals surface area contributed by atoms with E-state index >= 15 is 0 Å². The molecule has 4 heteroatoms. The highest BCUT2D eigenvalue weighted by molar-refractivity contribution is 5.88. The van der Waals surface area contributed by atoms with Crippen LogP contribution in [0.25, 0.3) is 23.0 Å². The first-order chi connectivity index (χ1) is 11.3. The van der Waals surface area contributed by atoms with Crippen molar-refractivity contribution in [3.8, 4) is 16.9 Å². The molecule has 0 saturated heterocycles. The van der Waals surface area contributed by atoms with Crippen LogP contribution in [0.1, 0.15) is 5.56 Å². The van der Waals surface area contributed by atoms with Gasteiger partial charge in [-0.25, -0.2) is 9.48 Å². The second kappa shape index (κ2) is 6.75. The van der Waals surface area contributed by atoms with Crippen molar-refractivity contribution in [1.82, 2.24) is 9.78 Å². The average molecular weight is 304 g/mol. The number of rotatable bonds is 4. The molecule has 0 fully saturated rings. The normalized spacial score (nSPS) is 10.8. The molecule has 0 aliphatic heterocycles. The molecule has 3 rings (SSSR count). The molecule has 0 saturated carbocycles. The van der Waals surface area contributed by atoms with Crippen molar-refractivity contribution in [2.24, 2.45) is 0 Å². The molecule has 0 unspecified atom stereocenters. The van der Waals surface area contributed by atoms with Crippen molar-refractivity contribution in [2.75, 3.05) is 7.11 Å². The minimum absolute atomic E-state index is 0.392. The lowest BCUT2D eigenvalue weighted by atomic mass is 10.1. The minimum Gasteiger partial charge on any atom is -0.466 e. The maximum absolute atomic E-state index is 11.4. The first-order valence-corrected chi connectivity index (χ1v) is 7.24. The highest BCUT2D eigenvalue weighted by Gasteiger charge is 2.10. The van der Waals surface area contributed by atoms with E-state index in [0.717, 1.165) is 22.5 Å². The summed E-state index contributed by atoms with van der Waals surface area (Å²) in [7, 11) is 1.36. The Morgan fingerprint density at radius 2 is 1.70 bits per heavy atom. The number of carbonyl (C=O) groups excluding carboxylic acids is 1. The van der Waals surface area contributed by atoms with Gasteiger partial charge in [-0.05, 0) is 18.2 Å². The lowest BCUT2D eigenvalue weighted by Crippen LogP contribution is -1.93. The van der Waals surface area contributed by atoms with E-state index in [0.29, 0.717) is 0 Å². The third-order valence-corrected chi connectivity index (χ3v) is 3.41. The quantitative estimate of drug-likeness (QED) is 0.545. The molecule has 4 nitrogen and oxygen atoms in total. The van der Waals surface area contributed by atoms with Crippen LogP contribution in [0.5, 0.6) is 0 Å². The van der Waals surface area contributed by atoms with E-state index in [2.05, 4.69) is 9.84 Å². The molecule has 0 aliphatic rings. The fraction of sp³-hybridized carbons (Fsp3) is 0.0526. The molecule has 0 amide bonds. The Hall–Kier alpha value is -3.14. The highest BCUT2D eigenvalue weighted by atomic mass is 16.5. The summed E-state index contributed by atoms with van der Waals surface area (Å²) in [5.74, 6) is -0.392. The molecule has 0 spiro atoms. The smallest absolute Gasteiger partial charge is 0.330 e. The Bertz CT molecular complexity index is 821. The molecular formula is C19H16N2O2. The molecule has 2 aromatic carbocycles. The Morgan fingerprint density at radius 3 is 2.35 bits per heavy atom. The van der Waals surface area contributed by atoms with Crippen LogP contribution >= 0.6 is 0 Å². The largest absolute Gasteiger partial charge is 0.466 e. The maximum atomic E-state index is 11.4. The number of para-hydroxylation sites is 1. The number of carbonyl (C=O) groups is 1. The first-order valence-electron chi connectivity index (χ1n) is 7.24. The summed E-state index contributed by atoms with van der Waals surface area (Å²) in [5.41, 5.74) is 3.62. The lowest BCUT2D eigenvalue weighted by molar-refractivity contribution is -0.134. The molecule has 23 heavy (non-hydrogen) atoms. The van der Waals surface area contributed by atoms with E-state index in [1.807, 2.05) is 66.9 Å². The summed E-state index contributed by atoms with van der Waals surface area (Å²) >= 11 is 0. The maximum Gasteiger partial charge on any atom is 0.330 e. The van der Waals surface area contributed by atoms with Crippen LogP contribution in [0.15, 0.2) is 72.9 Å². The SMILES string of the molecule is COC(=O)C=Cc1cn(-c2ccccc2)nc1-c1ccccc1. The van der Waals surface area contributed by atoms with Gasteiger partial charge in [0.25, 0.3) is 0 Å². The average Bonchev–Trinajstić information content (AvgIpc) is 3.05. The summed E-state index contributed by atoms with van der Waals surface area (Å²) in [5, 5.41) is 4.67. The standard InChI is InChI=1S/C19H16N2O2/c1-23-18(22)13-12-16-14-21(17-10-6-3-7-11-17)20-19(16)15-8-4-2-5-9-15/h2-14H,1H3. The van der Waals surface area contributed by atoms with Crippen molar-refractivity contribution in [2.45, 2.75) is 0 Å². The molecule has 0 radical (unpaired) electrons. The van der Waals surface area contributed by atoms with Crippen LogP contribution in [0.3, 0.4) is 0 Å². The molecule has 0 aliphatic carbocycles. The third kappa shape index (κ3) is 3.37. The van der Waals surface area contributed by atoms with Gasteiger partial charge in [0.1, 0.15) is 0 Å². The number of methoxy groups -OCH3 is 1. The third-order valence-electron chi connectivity index (χ3n) is 3.41. The van der Waals surface area contributed by atoms with Crippen LogP contribution in [0.4, 0.5) is 0 Å². The summed E-state index contributed by atoms with van der Waals surface area (Å²) in [6.07, 6.45) is 5.02. The second-order valence-corrected chi connectivity index (χ2v) is 4.94. The second-order valence-electron chi connectivity index (χ2n) is 4.94.